The third kappa shape index (κ3) is 4.63. The van der Waals surface area contributed by atoms with Gasteiger partial charge in [-0.15, -0.1) is 0 Å². The molecule has 1 aliphatic heterocycles. The van der Waals surface area contributed by atoms with Crippen molar-refractivity contribution in [2.75, 3.05) is 17.7 Å². The Hall–Kier alpha value is -3.38. The van der Waals surface area contributed by atoms with Gasteiger partial charge in [-0.05, 0) is 78.5 Å². The first kappa shape index (κ1) is 23.4. The highest BCUT2D eigenvalue weighted by atomic mass is 16.4. The summed E-state index contributed by atoms with van der Waals surface area (Å²) in [4.78, 5) is 23.7. The molecule has 9 nitrogen and oxygen atoms in total. The van der Waals surface area contributed by atoms with E-state index in [1.807, 2.05) is 12.1 Å². The molecule has 5 rings (SSSR count). The number of likely N-dealkylation sites (tertiary alicyclic amines) is 1. The smallest absolute Gasteiger partial charge is 0.408 e. The van der Waals surface area contributed by atoms with E-state index in [9.17, 15) is 10.1 Å². The molecule has 1 saturated heterocycles. The average Bonchev–Trinajstić information content (AvgIpc) is 3.55. The van der Waals surface area contributed by atoms with Gasteiger partial charge in [-0.25, -0.2) is 9.78 Å². The Kier molecular flexibility index (Phi) is 5.59. The van der Waals surface area contributed by atoms with Gasteiger partial charge in [-0.3, -0.25) is 9.47 Å². The van der Waals surface area contributed by atoms with E-state index in [1.54, 1.807) is 10.6 Å². The molecule has 3 aromatic rings. The van der Waals surface area contributed by atoms with Gasteiger partial charge in [0.25, 0.3) is 0 Å². The van der Waals surface area contributed by atoms with Gasteiger partial charge in [0.05, 0.1) is 11.7 Å². The standard InChI is InChI=1S/C26H33N7O2/c1-25(2)11-19(12-26(3,4)32(25)5)29-22-17(13-27)14-28-23(31-22)30-18-8-9-20-21(10-18)35-24(34)33(20)15-16-6-7-16/h8-10,14,16,19H,6-7,11-12,15H2,1-5H3,(H2,28,29,30,31). The van der Waals surface area contributed by atoms with Gasteiger partial charge in [0.1, 0.15) is 17.5 Å². The summed E-state index contributed by atoms with van der Waals surface area (Å²) in [5.74, 6) is 1.14. The third-order valence-corrected chi connectivity index (χ3v) is 7.62. The van der Waals surface area contributed by atoms with E-state index in [0.717, 1.165) is 31.2 Å². The Morgan fingerprint density at radius 2 is 1.91 bits per heavy atom. The Morgan fingerprint density at radius 3 is 2.57 bits per heavy atom. The van der Waals surface area contributed by atoms with Crippen LogP contribution in [0.15, 0.2) is 33.6 Å². The van der Waals surface area contributed by atoms with E-state index in [4.69, 9.17) is 4.42 Å². The highest BCUT2D eigenvalue weighted by molar-refractivity contribution is 5.78. The Balaban J connectivity index is 1.37. The molecule has 0 radical (unpaired) electrons. The van der Waals surface area contributed by atoms with Crippen molar-refractivity contribution in [2.45, 2.75) is 77.0 Å². The number of hydrogen-bond acceptors (Lipinski definition) is 8. The Labute approximate surface area is 205 Å². The van der Waals surface area contributed by atoms with E-state index in [-0.39, 0.29) is 22.9 Å². The third-order valence-electron chi connectivity index (χ3n) is 7.62. The SMILES string of the molecule is CN1C(C)(C)CC(Nc2nc(Nc3ccc4c(c3)oc(=O)n4CC3CC3)ncc2C#N)CC1(C)C. The van der Waals surface area contributed by atoms with Gasteiger partial charge in [0.15, 0.2) is 5.58 Å². The number of piperidine rings is 1. The molecule has 0 unspecified atom stereocenters. The second kappa shape index (κ2) is 8.38. The van der Waals surface area contributed by atoms with E-state index < -0.39 is 0 Å². The fourth-order valence-electron chi connectivity index (χ4n) is 5.31. The van der Waals surface area contributed by atoms with Crippen molar-refractivity contribution < 1.29 is 4.42 Å². The maximum Gasteiger partial charge on any atom is 0.419 e. The van der Waals surface area contributed by atoms with Gasteiger partial charge in [0.2, 0.25) is 5.95 Å². The predicted molar refractivity (Wildman–Crippen MR) is 136 cm³/mol. The molecule has 0 spiro atoms. The molecule has 2 N–H and O–H groups in total. The highest BCUT2D eigenvalue weighted by Gasteiger charge is 2.43. The van der Waals surface area contributed by atoms with Crippen LogP contribution >= 0.6 is 0 Å². The van der Waals surface area contributed by atoms with Crippen molar-refractivity contribution in [3.63, 3.8) is 0 Å². The topological polar surface area (TPSA) is 112 Å². The van der Waals surface area contributed by atoms with Crippen LogP contribution in [0.3, 0.4) is 0 Å². The normalized spacial score (nSPS) is 20.0. The van der Waals surface area contributed by atoms with Crippen LogP contribution in [0.25, 0.3) is 11.1 Å². The van der Waals surface area contributed by atoms with Gasteiger partial charge >= 0.3 is 5.76 Å². The average molecular weight is 476 g/mol. The summed E-state index contributed by atoms with van der Waals surface area (Å²) in [5, 5.41) is 16.4. The number of nitrogens with one attached hydrogen (secondary N) is 2. The molecule has 9 heteroatoms. The van der Waals surface area contributed by atoms with E-state index in [2.05, 4.69) is 66.3 Å². The second-order valence-corrected chi connectivity index (χ2v) is 11.2. The summed E-state index contributed by atoms with van der Waals surface area (Å²) in [6.07, 6.45) is 5.72. The Morgan fingerprint density at radius 1 is 1.20 bits per heavy atom. The van der Waals surface area contributed by atoms with Crippen molar-refractivity contribution in [2.24, 2.45) is 5.92 Å². The van der Waals surface area contributed by atoms with Gasteiger partial charge in [-0.2, -0.15) is 10.2 Å². The van der Waals surface area contributed by atoms with Crippen molar-refractivity contribution in [3.8, 4) is 6.07 Å². The molecule has 1 saturated carbocycles. The number of hydrogen-bond donors (Lipinski definition) is 2. The summed E-state index contributed by atoms with van der Waals surface area (Å²) in [5.41, 5.74) is 2.46. The number of fused-ring (bicyclic) bond motifs is 1. The predicted octanol–water partition coefficient (Wildman–Crippen LogP) is 4.47. The van der Waals surface area contributed by atoms with Crippen LogP contribution in [0.5, 0.6) is 0 Å². The number of anilines is 3. The summed E-state index contributed by atoms with van der Waals surface area (Å²) in [6, 6.07) is 7.93. The first-order valence-electron chi connectivity index (χ1n) is 12.2. The maximum atomic E-state index is 12.3. The lowest BCUT2D eigenvalue weighted by Gasteiger charge is -2.53. The first-order chi connectivity index (χ1) is 16.6. The van der Waals surface area contributed by atoms with Crippen LogP contribution in [0, 0.1) is 17.2 Å². The largest absolute Gasteiger partial charge is 0.419 e. The van der Waals surface area contributed by atoms with Crippen LogP contribution < -0.4 is 16.4 Å². The van der Waals surface area contributed by atoms with Crippen molar-refractivity contribution in [3.05, 3.63) is 40.5 Å². The van der Waals surface area contributed by atoms with Crippen LogP contribution in [0.1, 0.15) is 58.9 Å². The van der Waals surface area contributed by atoms with Crippen molar-refractivity contribution in [1.82, 2.24) is 19.4 Å². The quantitative estimate of drug-likeness (QED) is 0.537. The fourth-order valence-corrected chi connectivity index (χ4v) is 5.31. The molecule has 0 amide bonds. The lowest BCUT2D eigenvalue weighted by molar-refractivity contribution is -0.00772. The molecule has 2 aliphatic rings. The van der Waals surface area contributed by atoms with E-state index in [0.29, 0.717) is 41.1 Å². The molecule has 184 valence electrons. The number of aromatic nitrogens is 3. The molecule has 2 aromatic heterocycles. The van der Waals surface area contributed by atoms with Gasteiger partial charge in [-0.1, -0.05) is 0 Å². The number of benzene rings is 1. The van der Waals surface area contributed by atoms with Crippen LogP contribution in [-0.4, -0.2) is 43.6 Å². The fraction of sp³-hybridized carbons (Fsp3) is 0.538. The molecular formula is C26H33N7O2. The molecule has 0 atom stereocenters. The van der Waals surface area contributed by atoms with Crippen molar-refractivity contribution in [1.29, 1.82) is 5.26 Å². The molecule has 2 fully saturated rings. The maximum absolute atomic E-state index is 12.3. The van der Waals surface area contributed by atoms with Crippen LogP contribution in [-0.2, 0) is 6.54 Å². The van der Waals surface area contributed by atoms with Crippen LogP contribution in [0.4, 0.5) is 17.5 Å². The molecule has 35 heavy (non-hydrogen) atoms. The van der Waals surface area contributed by atoms with Gasteiger partial charge in [0, 0.05) is 35.4 Å². The number of nitriles is 1. The van der Waals surface area contributed by atoms with Gasteiger partial charge < -0.3 is 15.1 Å². The van der Waals surface area contributed by atoms with E-state index >= 15 is 0 Å². The first-order valence-corrected chi connectivity index (χ1v) is 12.2. The summed E-state index contributed by atoms with van der Waals surface area (Å²) < 4.78 is 7.19. The zero-order valence-electron chi connectivity index (χ0n) is 21.1. The zero-order chi connectivity index (χ0) is 25.0. The van der Waals surface area contributed by atoms with Crippen molar-refractivity contribution >= 4 is 28.6 Å². The number of oxazole rings is 1. The summed E-state index contributed by atoms with van der Waals surface area (Å²) >= 11 is 0. The lowest BCUT2D eigenvalue weighted by atomic mass is 9.77. The summed E-state index contributed by atoms with van der Waals surface area (Å²) in [6.45, 7) is 9.68. The monoisotopic (exact) mass is 475 g/mol. The minimum absolute atomic E-state index is 0.00950. The molecule has 1 aliphatic carbocycles. The molecule has 1 aromatic carbocycles. The molecule has 3 heterocycles. The summed E-state index contributed by atoms with van der Waals surface area (Å²) in [7, 11) is 2.17. The minimum Gasteiger partial charge on any atom is -0.408 e. The second-order valence-electron chi connectivity index (χ2n) is 11.2. The molecular weight excluding hydrogens is 442 g/mol. The number of nitrogens with zero attached hydrogens (tertiary/aromatic N) is 5. The van der Waals surface area contributed by atoms with E-state index in [1.165, 1.54) is 6.20 Å². The Bertz CT molecular complexity index is 1340. The van der Waals surface area contributed by atoms with Crippen LogP contribution in [0.2, 0.25) is 0 Å². The molecule has 0 bridgehead atoms. The minimum atomic E-state index is -0.325. The number of rotatable bonds is 6. The lowest BCUT2D eigenvalue weighted by Crippen LogP contribution is -2.61. The highest BCUT2D eigenvalue weighted by Crippen LogP contribution is 2.38. The zero-order valence-corrected chi connectivity index (χ0v) is 21.1.